The van der Waals surface area contributed by atoms with Crippen molar-refractivity contribution < 1.29 is 24.2 Å². The van der Waals surface area contributed by atoms with Crippen molar-refractivity contribution >= 4 is 23.4 Å². The van der Waals surface area contributed by atoms with Crippen molar-refractivity contribution in [3.8, 4) is 28.1 Å². The number of carboxylic acid groups (broad SMARTS) is 1. The summed E-state index contributed by atoms with van der Waals surface area (Å²) in [6.07, 6.45) is 1.59. The lowest BCUT2D eigenvalue weighted by Gasteiger charge is -2.19. The van der Waals surface area contributed by atoms with E-state index in [-0.39, 0.29) is 12.3 Å². The molecule has 0 atom stereocenters. The summed E-state index contributed by atoms with van der Waals surface area (Å²) in [4.78, 5) is 28.9. The van der Waals surface area contributed by atoms with Gasteiger partial charge in [-0.2, -0.15) is 0 Å². The first-order valence-corrected chi connectivity index (χ1v) is 13.6. The van der Waals surface area contributed by atoms with E-state index in [2.05, 4.69) is 21.7 Å². The van der Waals surface area contributed by atoms with Crippen LogP contribution in [0.25, 0.3) is 22.4 Å². The van der Waals surface area contributed by atoms with E-state index in [9.17, 15) is 14.7 Å². The topological polar surface area (TPSA) is 110 Å². The van der Waals surface area contributed by atoms with Crippen LogP contribution in [0, 0.1) is 0 Å². The number of carbonyl (C=O) groups excluding carboxylic acids is 1. The molecule has 0 bridgehead atoms. The molecule has 0 radical (unpaired) electrons. The first-order valence-electron chi connectivity index (χ1n) is 13.6. The van der Waals surface area contributed by atoms with E-state index in [1.54, 1.807) is 45.0 Å². The Bertz CT molecular complexity index is 1590. The Morgan fingerprint density at radius 3 is 2.61 bits per heavy atom. The van der Waals surface area contributed by atoms with Gasteiger partial charge in [0.25, 0.3) is 0 Å². The molecule has 3 aromatic carbocycles. The van der Waals surface area contributed by atoms with Gasteiger partial charge in [0, 0.05) is 35.1 Å². The third-order valence-corrected chi connectivity index (χ3v) is 6.56. The second kappa shape index (κ2) is 11.7. The predicted molar refractivity (Wildman–Crippen MR) is 160 cm³/mol. The summed E-state index contributed by atoms with van der Waals surface area (Å²) < 4.78 is 11.3. The third-order valence-electron chi connectivity index (χ3n) is 6.56. The van der Waals surface area contributed by atoms with Gasteiger partial charge in [0.15, 0.2) is 5.69 Å². The van der Waals surface area contributed by atoms with E-state index in [0.29, 0.717) is 22.7 Å². The highest BCUT2D eigenvalue weighted by Crippen LogP contribution is 2.31. The van der Waals surface area contributed by atoms with Crippen LogP contribution in [0.5, 0.6) is 5.75 Å². The number of ether oxygens (including phenoxy) is 2. The lowest BCUT2D eigenvalue weighted by molar-refractivity contribution is 0.0634. The zero-order valence-electron chi connectivity index (χ0n) is 23.4. The Balaban J connectivity index is 1.32. The highest BCUT2D eigenvalue weighted by atomic mass is 16.6. The average Bonchev–Trinajstić information content (AvgIpc) is 2.95. The van der Waals surface area contributed by atoms with Crippen LogP contribution in [0.1, 0.15) is 48.8 Å². The van der Waals surface area contributed by atoms with Crippen LogP contribution >= 0.6 is 0 Å². The summed E-state index contributed by atoms with van der Waals surface area (Å²) in [5.41, 5.74) is 5.89. The van der Waals surface area contributed by atoms with Crippen LogP contribution in [-0.2, 0) is 17.8 Å². The third kappa shape index (κ3) is 7.03. The molecule has 210 valence electrons. The quantitative estimate of drug-likeness (QED) is 0.220. The van der Waals surface area contributed by atoms with Gasteiger partial charge in [-0.25, -0.2) is 14.6 Å². The van der Waals surface area contributed by atoms with Crippen LogP contribution in [0.4, 0.5) is 16.2 Å². The van der Waals surface area contributed by atoms with Crippen LogP contribution in [-0.4, -0.2) is 34.3 Å². The molecule has 0 spiro atoms. The van der Waals surface area contributed by atoms with Gasteiger partial charge >= 0.3 is 12.1 Å². The molecule has 2 heterocycles. The number of fused-ring (bicyclic) bond motifs is 1. The molecule has 1 amide bonds. The molecule has 8 nitrogen and oxygen atoms in total. The maximum absolute atomic E-state index is 12.3. The van der Waals surface area contributed by atoms with Gasteiger partial charge in [-0.3, -0.25) is 5.32 Å². The standard InChI is InChI=1S/C33H33N3O5/c1-33(2,3)41-32(39)35-25-10-5-11-26(19-25)40-20-21-7-4-8-23(17-21)27-14-15-28(36-30(27)31(37)38)24-13-12-22-9-6-16-34-29(22)18-24/h4-5,7-8,10-15,17-19,34H,6,9,16,20H2,1-3H3,(H,35,39)(H,37,38). The van der Waals surface area contributed by atoms with Gasteiger partial charge in [-0.05, 0) is 86.7 Å². The molecule has 5 rings (SSSR count). The average molecular weight is 552 g/mol. The fourth-order valence-electron chi connectivity index (χ4n) is 4.72. The van der Waals surface area contributed by atoms with Crippen LogP contribution in [0.2, 0.25) is 0 Å². The van der Waals surface area contributed by atoms with Crippen molar-refractivity contribution in [2.75, 3.05) is 17.2 Å². The van der Waals surface area contributed by atoms with Crippen molar-refractivity contribution in [2.45, 2.75) is 45.8 Å². The molecule has 3 N–H and O–H groups in total. The number of pyridine rings is 1. The number of amides is 1. The van der Waals surface area contributed by atoms with Gasteiger partial charge < -0.3 is 19.9 Å². The summed E-state index contributed by atoms with van der Waals surface area (Å²) in [7, 11) is 0. The minimum absolute atomic E-state index is 0.00725. The van der Waals surface area contributed by atoms with Crippen LogP contribution < -0.4 is 15.4 Å². The predicted octanol–water partition coefficient (Wildman–Crippen LogP) is 7.40. The number of aromatic nitrogens is 1. The minimum Gasteiger partial charge on any atom is -0.489 e. The number of hydrogen-bond acceptors (Lipinski definition) is 6. The SMILES string of the molecule is CC(C)(C)OC(=O)Nc1cccc(OCc2cccc(-c3ccc(-c4ccc5c(c4)NCCC5)nc3C(=O)O)c2)c1. The van der Waals surface area contributed by atoms with Gasteiger partial charge in [-0.1, -0.05) is 36.4 Å². The van der Waals surface area contributed by atoms with E-state index >= 15 is 0 Å². The Kier molecular flexibility index (Phi) is 7.92. The molecule has 0 aliphatic carbocycles. The van der Waals surface area contributed by atoms with Gasteiger partial charge in [0.2, 0.25) is 0 Å². The minimum atomic E-state index is -1.09. The first-order chi connectivity index (χ1) is 19.6. The van der Waals surface area contributed by atoms with Crippen molar-refractivity contribution in [1.82, 2.24) is 4.98 Å². The van der Waals surface area contributed by atoms with Crippen molar-refractivity contribution in [3.63, 3.8) is 0 Å². The van der Waals surface area contributed by atoms with E-state index in [0.717, 1.165) is 41.8 Å². The molecular formula is C33H33N3O5. The summed E-state index contributed by atoms with van der Waals surface area (Å²) in [6.45, 7) is 6.59. The molecule has 1 aromatic heterocycles. The number of carboxylic acids is 1. The number of nitrogens with one attached hydrogen (secondary N) is 2. The highest BCUT2D eigenvalue weighted by molar-refractivity contribution is 5.95. The maximum atomic E-state index is 12.3. The second-order valence-electron chi connectivity index (χ2n) is 10.9. The fourth-order valence-corrected chi connectivity index (χ4v) is 4.72. The van der Waals surface area contributed by atoms with Crippen molar-refractivity contribution in [3.05, 3.63) is 95.7 Å². The number of nitrogens with zero attached hydrogens (tertiary/aromatic N) is 1. The normalized spacial score (nSPS) is 12.6. The smallest absolute Gasteiger partial charge is 0.412 e. The molecule has 0 saturated carbocycles. The number of hydrogen-bond donors (Lipinski definition) is 3. The molecule has 0 saturated heterocycles. The molecule has 1 aliphatic heterocycles. The van der Waals surface area contributed by atoms with Gasteiger partial charge in [0.05, 0.1) is 5.69 Å². The van der Waals surface area contributed by atoms with Crippen LogP contribution in [0.15, 0.2) is 78.9 Å². The summed E-state index contributed by atoms with van der Waals surface area (Å²) >= 11 is 0. The Labute approximate surface area is 239 Å². The summed E-state index contributed by atoms with van der Waals surface area (Å²) in [5, 5.41) is 16.1. The van der Waals surface area contributed by atoms with E-state index < -0.39 is 17.7 Å². The number of benzene rings is 3. The van der Waals surface area contributed by atoms with E-state index in [1.165, 1.54) is 5.56 Å². The monoisotopic (exact) mass is 551 g/mol. The fraction of sp³-hybridized carbons (Fsp3) is 0.242. The first kappa shape index (κ1) is 27.7. The molecule has 4 aromatic rings. The molecule has 8 heteroatoms. The van der Waals surface area contributed by atoms with E-state index in [4.69, 9.17) is 9.47 Å². The van der Waals surface area contributed by atoms with Gasteiger partial charge in [-0.15, -0.1) is 0 Å². The molecule has 0 unspecified atom stereocenters. The van der Waals surface area contributed by atoms with Crippen LogP contribution in [0.3, 0.4) is 0 Å². The number of rotatable bonds is 7. The van der Waals surface area contributed by atoms with E-state index in [1.807, 2.05) is 48.5 Å². The maximum Gasteiger partial charge on any atom is 0.412 e. The zero-order chi connectivity index (χ0) is 29.0. The zero-order valence-corrected chi connectivity index (χ0v) is 23.4. The number of carbonyl (C=O) groups is 2. The number of anilines is 2. The highest BCUT2D eigenvalue weighted by Gasteiger charge is 2.18. The summed E-state index contributed by atoms with van der Waals surface area (Å²) in [6, 6.07) is 24.4. The van der Waals surface area contributed by atoms with Crippen molar-refractivity contribution in [1.29, 1.82) is 0 Å². The molecule has 1 aliphatic rings. The lowest BCUT2D eigenvalue weighted by atomic mass is 9.98. The Morgan fingerprint density at radius 2 is 1.80 bits per heavy atom. The Hall–Kier alpha value is -4.85. The molecule has 41 heavy (non-hydrogen) atoms. The second-order valence-corrected chi connectivity index (χ2v) is 10.9. The van der Waals surface area contributed by atoms with Gasteiger partial charge in [0.1, 0.15) is 18.0 Å². The molecule has 0 fully saturated rings. The number of aryl methyl sites for hydroxylation is 1. The molecular weight excluding hydrogens is 518 g/mol. The lowest BCUT2D eigenvalue weighted by Crippen LogP contribution is -2.27. The number of aromatic carboxylic acids is 1. The Morgan fingerprint density at radius 1 is 0.976 bits per heavy atom. The largest absolute Gasteiger partial charge is 0.489 e. The summed E-state index contributed by atoms with van der Waals surface area (Å²) in [5.74, 6) is -0.519. The van der Waals surface area contributed by atoms with Crippen molar-refractivity contribution in [2.24, 2.45) is 0 Å².